The number of carbonyl (C=O) groups excluding carboxylic acids is 2. The summed E-state index contributed by atoms with van der Waals surface area (Å²) in [6.45, 7) is 5.35. The molecule has 2 heteroatoms. The smallest absolute Gasteiger partial charge is 0.146 e. The monoisotopic (exact) mass is 154 g/mol. The highest BCUT2D eigenvalue weighted by atomic mass is 16.1. The minimum atomic E-state index is 0.0416. The third-order valence-electron chi connectivity index (χ3n) is 1.66. The van der Waals surface area contributed by atoms with Crippen LogP contribution in [0.25, 0.3) is 0 Å². The molecule has 62 valence electrons. The second-order valence-electron chi connectivity index (χ2n) is 2.66. The Labute approximate surface area is 67.3 Å². The van der Waals surface area contributed by atoms with E-state index in [0.717, 1.165) is 18.3 Å². The van der Waals surface area contributed by atoms with Crippen molar-refractivity contribution in [3.8, 4) is 0 Å². The van der Waals surface area contributed by atoms with Crippen molar-refractivity contribution in [1.82, 2.24) is 0 Å². The number of ketones is 1. The van der Waals surface area contributed by atoms with Crippen LogP contribution in [-0.4, -0.2) is 12.1 Å². The van der Waals surface area contributed by atoms with Crippen molar-refractivity contribution in [3.63, 3.8) is 0 Å². The van der Waals surface area contributed by atoms with Gasteiger partial charge in [-0.25, -0.2) is 0 Å². The fraction of sp³-hybridized carbons (Fsp3) is 0.556. The molecule has 0 aliphatic rings. The van der Waals surface area contributed by atoms with Gasteiger partial charge in [0.2, 0.25) is 0 Å². The number of rotatable bonds is 4. The summed E-state index contributed by atoms with van der Waals surface area (Å²) < 4.78 is 0. The van der Waals surface area contributed by atoms with Gasteiger partial charge in [0.05, 0.1) is 0 Å². The number of carbonyl (C=O) groups is 2. The second kappa shape index (κ2) is 4.83. The van der Waals surface area contributed by atoms with E-state index in [1.165, 1.54) is 6.92 Å². The first-order valence-corrected chi connectivity index (χ1v) is 3.75. The van der Waals surface area contributed by atoms with Gasteiger partial charge in [0.25, 0.3) is 0 Å². The lowest BCUT2D eigenvalue weighted by Gasteiger charge is -2.00. The molecule has 0 amide bonds. The maximum absolute atomic E-state index is 10.6. The third kappa shape index (κ3) is 3.71. The maximum Gasteiger partial charge on any atom is 0.146 e. The summed E-state index contributed by atoms with van der Waals surface area (Å²) >= 11 is 0. The highest BCUT2D eigenvalue weighted by Gasteiger charge is 2.02. The van der Waals surface area contributed by atoms with Gasteiger partial charge in [-0.15, -0.1) is 0 Å². The van der Waals surface area contributed by atoms with Crippen LogP contribution >= 0.6 is 0 Å². The van der Waals surface area contributed by atoms with Crippen LogP contribution in [0.5, 0.6) is 0 Å². The first-order chi connectivity index (χ1) is 5.11. The molecule has 0 rings (SSSR count). The molecule has 0 radical (unpaired) electrons. The van der Waals surface area contributed by atoms with Crippen molar-refractivity contribution < 1.29 is 9.59 Å². The molecular formula is C9H14O2. The Morgan fingerprint density at radius 2 is 1.91 bits per heavy atom. The van der Waals surface area contributed by atoms with E-state index >= 15 is 0 Å². The number of aldehydes is 1. The number of allylic oxidation sites excluding steroid dienone is 2. The lowest BCUT2D eigenvalue weighted by atomic mass is 10.0. The molecule has 11 heavy (non-hydrogen) atoms. The van der Waals surface area contributed by atoms with Crippen molar-refractivity contribution in [2.24, 2.45) is 0 Å². The first-order valence-electron chi connectivity index (χ1n) is 3.75. The highest BCUT2D eigenvalue weighted by molar-refractivity contribution is 5.87. The van der Waals surface area contributed by atoms with Crippen molar-refractivity contribution >= 4 is 12.1 Å². The predicted molar refractivity (Wildman–Crippen MR) is 44.4 cm³/mol. The van der Waals surface area contributed by atoms with Crippen LogP contribution in [0.1, 0.15) is 33.6 Å². The van der Waals surface area contributed by atoms with Crippen LogP contribution in [-0.2, 0) is 9.59 Å². The lowest BCUT2D eigenvalue weighted by Crippen LogP contribution is -1.97. The number of hydrogen-bond donors (Lipinski definition) is 0. The van der Waals surface area contributed by atoms with Crippen molar-refractivity contribution in [2.75, 3.05) is 0 Å². The minimum absolute atomic E-state index is 0.0416. The number of hydrogen-bond acceptors (Lipinski definition) is 2. The lowest BCUT2D eigenvalue weighted by molar-refractivity contribution is -0.117. The Morgan fingerprint density at radius 3 is 2.18 bits per heavy atom. The molecule has 0 aromatic rings. The first kappa shape index (κ1) is 10.1. The van der Waals surface area contributed by atoms with Gasteiger partial charge in [0, 0.05) is 6.42 Å². The average molecular weight is 154 g/mol. The van der Waals surface area contributed by atoms with E-state index in [2.05, 4.69) is 0 Å². The van der Waals surface area contributed by atoms with Crippen LogP contribution in [0.15, 0.2) is 11.1 Å². The SMILES string of the molecule is CC/C(C)=C(/C=O)CC(C)=O. The van der Waals surface area contributed by atoms with Crippen LogP contribution in [0, 0.1) is 0 Å². The van der Waals surface area contributed by atoms with E-state index in [9.17, 15) is 9.59 Å². The standard InChI is InChI=1S/C9H14O2/c1-4-7(2)9(6-10)5-8(3)11/h6H,4-5H2,1-3H3/b9-7+. The predicted octanol–water partition coefficient (Wildman–Crippen LogP) is 1.89. The summed E-state index contributed by atoms with van der Waals surface area (Å²) in [6.07, 6.45) is 1.89. The molecule has 0 fully saturated rings. The van der Waals surface area contributed by atoms with Gasteiger partial charge in [-0.05, 0) is 25.8 Å². The Kier molecular flexibility index (Phi) is 4.42. The van der Waals surface area contributed by atoms with Crippen molar-refractivity contribution in [1.29, 1.82) is 0 Å². The Balaban J connectivity index is 4.38. The topological polar surface area (TPSA) is 34.1 Å². The molecule has 0 heterocycles. The normalized spacial score (nSPS) is 12.3. The molecular weight excluding hydrogens is 140 g/mol. The van der Waals surface area contributed by atoms with Gasteiger partial charge >= 0.3 is 0 Å². The van der Waals surface area contributed by atoms with Gasteiger partial charge in [-0.2, -0.15) is 0 Å². The second-order valence-corrected chi connectivity index (χ2v) is 2.66. The summed E-state index contributed by atoms with van der Waals surface area (Å²) in [6, 6.07) is 0. The minimum Gasteiger partial charge on any atom is -0.300 e. The largest absolute Gasteiger partial charge is 0.300 e. The molecule has 0 N–H and O–H groups in total. The van der Waals surface area contributed by atoms with Crippen LogP contribution in [0.3, 0.4) is 0 Å². The van der Waals surface area contributed by atoms with Crippen LogP contribution in [0.4, 0.5) is 0 Å². The van der Waals surface area contributed by atoms with E-state index in [4.69, 9.17) is 0 Å². The molecule has 0 saturated carbocycles. The molecule has 2 nitrogen and oxygen atoms in total. The Hall–Kier alpha value is -0.920. The molecule has 0 bridgehead atoms. The van der Waals surface area contributed by atoms with Gasteiger partial charge < -0.3 is 0 Å². The molecule has 0 aliphatic heterocycles. The van der Waals surface area contributed by atoms with Crippen LogP contribution < -0.4 is 0 Å². The van der Waals surface area contributed by atoms with E-state index in [1.807, 2.05) is 13.8 Å². The van der Waals surface area contributed by atoms with E-state index in [1.54, 1.807) is 0 Å². The zero-order valence-electron chi connectivity index (χ0n) is 7.31. The fourth-order valence-electron chi connectivity index (χ4n) is 0.788. The van der Waals surface area contributed by atoms with E-state index in [0.29, 0.717) is 5.57 Å². The third-order valence-corrected chi connectivity index (χ3v) is 1.66. The molecule has 0 aliphatic carbocycles. The molecule has 0 aromatic carbocycles. The molecule has 0 aromatic heterocycles. The molecule has 0 spiro atoms. The quantitative estimate of drug-likeness (QED) is 0.457. The van der Waals surface area contributed by atoms with Gasteiger partial charge in [-0.3, -0.25) is 9.59 Å². The summed E-state index contributed by atoms with van der Waals surface area (Å²) in [5.74, 6) is 0.0416. The maximum atomic E-state index is 10.6. The van der Waals surface area contributed by atoms with E-state index in [-0.39, 0.29) is 12.2 Å². The summed E-state index contributed by atoms with van der Waals surface area (Å²) in [5, 5.41) is 0. The summed E-state index contributed by atoms with van der Waals surface area (Å²) in [4.78, 5) is 21.1. The highest BCUT2D eigenvalue weighted by Crippen LogP contribution is 2.09. The van der Waals surface area contributed by atoms with Crippen molar-refractivity contribution in [2.45, 2.75) is 33.6 Å². The zero-order valence-corrected chi connectivity index (χ0v) is 7.31. The van der Waals surface area contributed by atoms with Gasteiger partial charge in [-0.1, -0.05) is 12.5 Å². The van der Waals surface area contributed by atoms with Crippen molar-refractivity contribution in [3.05, 3.63) is 11.1 Å². The fourth-order valence-corrected chi connectivity index (χ4v) is 0.788. The molecule has 0 unspecified atom stereocenters. The molecule has 0 saturated heterocycles. The summed E-state index contributed by atoms with van der Waals surface area (Å²) in [7, 11) is 0. The van der Waals surface area contributed by atoms with Gasteiger partial charge in [0.15, 0.2) is 0 Å². The average Bonchev–Trinajstić information content (AvgIpc) is 1.98. The van der Waals surface area contributed by atoms with Gasteiger partial charge in [0.1, 0.15) is 12.1 Å². The number of Topliss-reactive ketones (excluding diaryl/α,β-unsaturated/α-hetero) is 1. The van der Waals surface area contributed by atoms with Crippen LogP contribution in [0.2, 0.25) is 0 Å². The van der Waals surface area contributed by atoms with E-state index < -0.39 is 0 Å². The Bertz CT molecular complexity index is 190. The zero-order chi connectivity index (χ0) is 8.85. The summed E-state index contributed by atoms with van der Waals surface area (Å²) in [5.41, 5.74) is 1.65. The molecule has 0 atom stereocenters. The Morgan fingerprint density at radius 1 is 1.36 bits per heavy atom.